The zero-order chi connectivity index (χ0) is 15.3. The van der Waals surface area contributed by atoms with Crippen molar-refractivity contribution >= 4 is 33.6 Å². The van der Waals surface area contributed by atoms with E-state index in [1.165, 1.54) is 4.90 Å². The second-order valence-electron chi connectivity index (χ2n) is 4.67. The molecule has 0 saturated carbocycles. The molecule has 0 aliphatic rings. The first-order valence-electron chi connectivity index (χ1n) is 6.40. The van der Waals surface area contributed by atoms with Crippen LogP contribution in [0.25, 0.3) is 0 Å². The van der Waals surface area contributed by atoms with Crippen LogP contribution in [0.1, 0.15) is 19.4 Å². The maximum absolute atomic E-state index is 12.1. The predicted molar refractivity (Wildman–Crippen MR) is 81.9 cm³/mol. The number of carbonyl (C=O) groups excluding carboxylic acids is 1. The third-order valence-corrected chi connectivity index (χ3v) is 3.51. The monoisotopic (exact) mass is 342 g/mol. The van der Waals surface area contributed by atoms with Gasteiger partial charge in [-0.05, 0) is 37.6 Å². The number of amides is 2. The van der Waals surface area contributed by atoms with Gasteiger partial charge in [0.2, 0.25) is 0 Å². The fourth-order valence-electron chi connectivity index (χ4n) is 1.73. The number of carboxylic acid groups (broad SMARTS) is 1. The number of aliphatic carboxylic acids is 1. The van der Waals surface area contributed by atoms with Gasteiger partial charge in [0.1, 0.15) is 0 Å². The van der Waals surface area contributed by atoms with E-state index in [2.05, 4.69) is 21.2 Å². The first kappa shape index (κ1) is 16.5. The van der Waals surface area contributed by atoms with Gasteiger partial charge in [0, 0.05) is 23.2 Å². The minimum Gasteiger partial charge on any atom is -0.481 e. The molecule has 1 unspecified atom stereocenters. The Morgan fingerprint density at radius 3 is 2.60 bits per heavy atom. The minimum absolute atomic E-state index is 0.188. The summed E-state index contributed by atoms with van der Waals surface area (Å²) in [6.45, 7) is 5.95. The lowest BCUT2D eigenvalue weighted by Gasteiger charge is -2.23. The van der Waals surface area contributed by atoms with E-state index < -0.39 is 11.9 Å². The lowest BCUT2D eigenvalue weighted by Crippen LogP contribution is -2.39. The molecule has 1 rings (SSSR count). The van der Waals surface area contributed by atoms with Gasteiger partial charge < -0.3 is 15.3 Å². The van der Waals surface area contributed by atoms with Gasteiger partial charge in [-0.3, -0.25) is 4.79 Å². The van der Waals surface area contributed by atoms with Crippen molar-refractivity contribution in [2.24, 2.45) is 5.92 Å². The summed E-state index contributed by atoms with van der Waals surface area (Å²) in [6, 6.07) is 5.28. The van der Waals surface area contributed by atoms with Crippen LogP contribution < -0.4 is 5.32 Å². The van der Waals surface area contributed by atoms with Crippen LogP contribution >= 0.6 is 15.9 Å². The van der Waals surface area contributed by atoms with Crippen LogP contribution in [0.2, 0.25) is 0 Å². The van der Waals surface area contributed by atoms with E-state index in [1.54, 1.807) is 6.92 Å². The molecule has 1 atom stereocenters. The number of aryl methyl sites for hydroxylation is 1. The van der Waals surface area contributed by atoms with Crippen molar-refractivity contribution in [3.05, 3.63) is 28.2 Å². The molecule has 20 heavy (non-hydrogen) atoms. The fourth-order valence-corrected chi connectivity index (χ4v) is 2.20. The molecule has 0 heterocycles. The Morgan fingerprint density at radius 1 is 1.45 bits per heavy atom. The Balaban J connectivity index is 2.74. The quantitative estimate of drug-likeness (QED) is 0.862. The molecule has 2 N–H and O–H groups in total. The zero-order valence-electron chi connectivity index (χ0n) is 11.8. The maximum Gasteiger partial charge on any atom is 0.321 e. The second kappa shape index (κ2) is 7.28. The van der Waals surface area contributed by atoms with Crippen molar-refractivity contribution in [3.63, 3.8) is 0 Å². The number of anilines is 1. The molecule has 6 heteroatoms. The number of nitrogens with zero attached hydrogens (tertiary/aromatic N) is 1. The molecular weight excluding hydrogens is 324 g/mol. The van der Waals surface area contributed by atoms with Crippen LogP contribution in [0.5, 0.6) is 0 Å². The summed E-state index contributed by atoms with van der Waals surface area (Å²) in [7, 11) is 0. The molecule has 0 aliphatic heterocycles. The van der Waals surface area contributed by atoms with Gasteiger partial charge in [-0.1, -0.05) is 22.9 Å². The number of benzene rings is 1. The van der Waals surface area contributed by atoms with E-state index >= 15 is 0 Å². The summed E-state index contributed by atoms with van der Waals surface area (Å²) in [4.78, 5) is 24.5. The van der Waals surface area contributed by atoms with E-state index in [1.807, 2.05) is 32.0 Å². The van der Waals surface area contributed by atoms with Crippen molar-refractivity contribution < 1.29 is 14.7 Å². The number of carboxylic acids is 1. The number of halogens is 1. The summed E-state index contributed by atoms with van der Waals surface area (Å²) in [5.41, 5.74) is 1.66. The third-order valence-electron chi connectivity index (χ3n) is 3.01. The topological polar surface area (TPSA) is 69.6 Å². The minimum atomic E-state index is -0.906. The van der Waals surface area contributed by atoms with Crippen LogP contribution in [0.15, 0.2) is 22.7 Å². The number of urea groups is 1. The molecule has 0 aromatic heterocycles. The Hall–Kier alpha value is -1.56. The zero-order valence-corrected chi connectivity index (χ0v) is 13.4. The van der Waals surface area contributed by atoms with Gasteiger partial charge in [-0.25, -0.2) is 4.79 Å². The van der Waals surface area contributed by atoms with E-state index in [4.69, 9.17) is 5.11 Å². The van der Waals surface area contributed by atoms with Gasteiger partial charge in [0.25, 0.3) is 0 Å². The van der Waals surface area contributed by atoms with Crippen molar-refractivity contribution in [2.75, 3.05) is 18.4 Å². The Kier molecular flexibility index (Phi) is 6.01. The third kappa shape index (κ3) is 4.52. The highest BCUT2D eigenvalue weighted by Gasteiger charge is 2.19. The molecular formula is C14H19BrN2O3. The van der Waals surface area contributed by atoms with Crippen molar-refractivity contribution in [1.82, 2.24) is 4.90 Å². The van der Waals surface area contributed by atoms with E-state index in [0.29, 0.717) is 6.54 Å². The number of hydrogen-bond donors (Lipinski definition) is 2. The van der Waals surface area contributed by atoms with Crippen LogP contribution in [-0.2, 0) is 4.79 Å². The molecule has 0 fully saturated rings. The first-order valence-corrected chi connectivity index (χ1v) is 7.19. The SMILES string of the molecule is CCN(CC(C)C(=O)O)C(=O)Nc1ccc(Br)cc1C. The van der Waals surface area contributed by atoms with E-state index in [0.717, 1.165) is 15.7 Å². The predicted octanol–water partition coefficient (Wildman–Crippen LogP) is 3.33. The Morgan fingerprint density at radius 2 is 2.10 bits per heavy atom. The smallest absolute Gasteiger partial charge is 0.321 e. The molecule has 110 valence electrons. The van der Waals surface area contributed by atoms with Crippen molar-refractivity contribution in [3.8, 4) is 0 Å². The highest BCUT2D eigenvalue weighted by atomic mass is 79.9. The Bertz CT molecular complexity index is 505. The molecule has 2 amide bonds. The summed E-state index contributed by atoms with van der Waals surface area (Å²) >= 11 is 3.37. The lowest BCUT2D eigenvalue weighted by atomic mass is 10.1. The molecule has 1 aromatic rings. The van der Waals surface area contributed by atoms with E-state index in [-0.39, 0.29) is 12.6 Å². The van der Waals surface area contributed by atoms with E-state index in [9.17, 15) is 9.59 Å². The molecule has 0 radical (unpaired) electrons. The number of carbonyl (C=O) groups is 2. The van der Waals surface area contributed by atoms with Gasteiger partial charge >= 0.3 is 12.0 Å². The van der Waals surface area contributed by atoms with Gasteiger partial charge in [0.05, 0.1) is 5.92 Å². The van der Waals surface area contributed by atoms with Crippen LogP contribution in [0, 0.1) is 12.8 Å². The summed E-state index contributed by atoms with van der Waals surface area (Å²) in [6.07, 6.45) is 0. The van der Waals surface area contributed by atoms with Crippen LogP contribution in [-0.4, -0.2) is 35.1 Å². The fraction of sp³-hybridized carbons (Fsp3) is 0.429. The largest absolute Gasteiger partial charge is 0.481 e. The lowest BCUT2D eigenvalue weighted by molar-refractivity contribution is -0.141. The number of rotatable bonds is 5. The normalized spacial score (nSPS) is 11.8. The first-order chi connectivity index (χ1) is 9.35. The standard InChI is InChI=1S/C14H19BrN2O3/c1-4-17(8-10(3)13(18)19)14(20)16-12-6-5-11(15)7-9(12)2/h5-7,10H,4,8H2,1-3H3,(H,16,20)(H,18,19). The Labute approximate surface area is 127 Å². The second-order valence-corrected chi connectivity index (χ2v) is 5.58. The van der Waals surface area contributed by atoms with Gasteiger partial charge in [0.15, 0.2) is 0 Å². The summed E-state index contributed by atoms with van der Waals surface area (Å²) in [5.74, 6) is -1.50. The molecule has 0 bridgehead atoms. The molecule has 0 aliphatic carbocycles. The van der Waals surface area contributed by atoms with Gasteiger partial charge in [-0.15, -0.1) is 0 Å². The maximum atomic E-state index is 12.1. The molecule has 0 spiro atoms. The van der Waals surface area contributed by atoms with Crippen molar-refractivity contribution in [2.45, 2.75) is 20.8 Å². The van der Waals surface area contributed by atoms with Gasteiger partial charge in [-0.2, -0.15) is 0 Å². The van der Waals surface area contributed by atoms with Crippen LogP contribution in [0.4, 0.5) is 10.5 Å². The number of hydrogen-bond acceptors (Lipinski definition) is 2. The highest BCUT2D eigenvalue weighted by Crippen LogP contribution is 2.20. The van der Waals surface area contributed by atoms with Crippen molar-refractivity contribution in [1.29, 1.82) is 0 Å². The molecule has 0 saturated heterocycles. The average Bonchev–Trinajstić information content (AvgIpc) is 2.38. The average molecular weight is 343 g/mol. The highest BCUT2D eigenvalue weighted by molar-refractivity contribution is 9.10. The molecule has 5 nitrogen and oxygen atoms in total. The number of nitrogens with one attached hydrogen (secondary N) is 1. The van der Waals surface area contributed by atoms with Crippen LogP contribution in [0.3, 0.4) is 0 Å². The summed E-state index contributed by atoms with van der Waals surface area (Å²) < 4.78 is 0.944. The molecule has 1 aromatic carbocycles. The summed E-state index contributed by atoms with van der Waals surface area (Å²) in [5, 5.41) is 11.7.